The normalized spacial score (nSPS) is 28.7. The first kappa shape index (κ1) is 12.4. The average Bonchev–Trinajstić information content (AvgIpc) is 3.05. The van der Waals surface area contributed by atoms with Gasteiger partial charge in [-0.2, -0.15) is 0 Å². The van der Waals surface area contributed by atoms with Crippen LogP contribution in [0.25, 0.3) is 0 Å². The fraction of sp³-hybridized carbons (Fsp3) is 1.00. The molecule has 2 fully saturated rings. The molecule has 0 amide bonds. The van der Waals surface area contributed by atoms with Gasteiger partial charge in [0.15, 0.2) is 0 Å². The van der Waals surface area contributed by atoms with Gasteiger partial charge >= 0.3 is 0 Å². The molecule has 94 valence electrons. The van der Waals surface area contributed by atoms with Crippen molar-refractivity contribution in [2.75, 3.05) is 13.1 Å². The Bertz CT molecular complexity index is 181. The first-order valence-corrected chi connectivity index (χ1v) is 7.31. The van der Waals surface area contributed by atoms with Gasteiger partial charge in [0.05, 0.1) is 0 Å². The van der Waals surface area contributed by atoms with E-state index in [2.05, 4.69) is 17.6 Å². The van der Waals surface area contributed by atoms with Crippen molar-refractivity contribution < 1.29 is 0 Å². The van der Waals surface area contributed by atoms with Gasteiger partial charge in [-0.25, -0.2) is 0 Å². The van der Waals surface area contributed by atoms with E-state index in [0.29, 0.717) is 6.04 Å². The maximum atomic E-state index is 3.68. The van der Waals surface area contributed by atoms with Crippen LogP contribution < -0.4 is 10.6 Å². The fourth-order valence-corrected chi connectivity index (χ4v) is 2.75. The van der Waals surface area contributed by atoms with E-state index < -0.39 is 0 Å². The van der Waals surface area contributed by atoms with E-state index >= 15 is 0 Å². The maximum Gasteiger partial charge on any atom is 0.00817 e. The van der Waals surface area contributed by atoms with Gasteiger partial charge in [-0.3, -0.25) is 0 Å². The molecule has 0 aromatic rings. The second-order valence-electron chi connectivity index (χ2n) is 5.82. The molecule has 2 atom stereocenters. The van der Waals surface area contributed by atoms with Crippen LogP contribution in [0.15, 0.2) is 0 Å². The number of rotatable bonds is 6. The van der Waals surface area contributed by atoms with Crippen molar-refractivity contribution in [2.24, 2.45) is 5.92 Å². The lowest BCUT2D eigenvalue weighted by Crippen LogP contribution is -2.37. The predicted octanol–water partition coefficient (Wildman–Crippen LogP) is 2.69. The lowest BCUT2D eigenvalue weighted by Gasteiger charge is -2.21. The highest BCUT2D eigenvalue weighted by molar-refractivity contribution is 4.78. The molecular weight excluding hydrogens is 196 g/mol. The molecule has 2 N–H and O–H groups in total. The first-order valence-electron chi connectivity index (χ1n) is 7.31. The van der Waals surface area contributed by atoms with Crippen LogP contribution in [-0.2, 0) is 0 Å². The summed E-state index contributed by atoms with van der Waals surface area (Å²) in [7, 11) is 0. The smallest absolute Gasteiger partial charge is 0.00817 e. The zero-order valence-corrected chi connectivity index (χ0v) is 10.8. The van der Waals surface area contributed by atoms with Gasteiger partial charge in [0.25, 0.3) is 0 Å². The minimum Gasteiger partial charge on any atom is -0.314 e. The second-order valence-corrected chi connectivity index (χ2v) is 5.82. The largest absolute Gasteiger partial charge is 0.314 e. The summed E-state index contributed by atoms with van der Waals surface area (Å²) in [5, 5.41) is 7.37. The van der Waals surface area contributed by atoms with Crippen molar-refractivity contribution >= 4 is 0 Å². The van der Waals surface area contributed by atoms with Gasteiger partial charge in [-0.1, -0.05) is 25.7 Å². The third kappa shape index (κ3) is 4.84. The zero-order chi connectivity index (χ0) is 11.2. The Morgan fingerprint density at radius 1 is 1.19 bits per heavy atom. The summed E-state index contributed by atoms with van der Waals surface area (Å²) >= 11 is 0. The lowest BCUT2D eigenvalue weighted by atomic mass is 10.0. The van der Waals surface area contributed by atoms with E-state index in [1.807, 2.05) is 0 Å². The van der Waals surface area contributed by atoms with Gasteiger partial charge in [0.2, 0.25) is 0 Å². The molecule has 1 aliphatic heterocycles. The summed E-state index contributed by atoms with van der Waals surface area (Å²) in [6.07, 6.45) is 11.3. The van der Waals surface area contributed by atoms with Crippen LogP contribution in [-0.4, -0.2) is 25.2 Å². The highest BCUT2D eigenvalue weighted by Gasteiger charge is 2.21. The molecule has 1 heterocycles. The molecule has 0 aromatic heterocycles. The Kier molecular flexibility index (Phi) is 5.11. The van der Waals surface area contributed by atoms with Crippen LogP contribution in [0, 0.1) is 5.92 Å². The van der Waals surface area contributed by atoms with Crippen LogP contribution in [0.3, 0.4) is 0 Å². The molecule has 2 aliphatic rings. The van der Waals surface area contributed by atoms with Crippen molar-refractivity contribution in [3.63, 3.8) is 0 Å². The van der Waals surface area contributed by atoms with E-state index in [1.54, 1.807) is 0 Å². The molecule has 2 nitrogen and oxygen atoms in total. The van der Waals surface area contributed by atoms with Gasteiger partial charge in [0.1, 0.15) is 0 Å². The number of hydrogen-bond acceptors (Lipinski definition) is 2. The molecule has 0 bridgehead atoms. The Morgan fingerprint density at radius 3 is 2.88 bits per heavy atom. The standard InChI is InChI=1S/C14H28N2/c1-12(15-10-8-13-6-7-13)11-14-5-3-2-4-9-16-14/h12-16H,2-11H2,1H3. The number of hydrogen-bond donors (Lipinski definition) is 2. The van der Waals surface area contributed by atoms with E-state index in [1.165, 1.54) is 64.5 Å². The highest BCUT2D eigenvalue weighted by Crippen LogP contribution is 2.31. The summed E-state index contributed by atoms with van der Waals surface area (Å²) in [5.74, 6) is 1.07. The zero-order valence-electron chi connectivity index (χ0n) is 10.8. The SMILES string of the molecule is CC(CC1CCCCCN1)NCCC1CC1. The molecule has 0 aromatic carbocycles. The third-order valence-corrected chi connectivity index (χ3v) is 4.04. The topological polar surface area (TPSA) is 24.1 Å². The van der Waals surface area contributed by atoms with Crippen LogP contribution >= 0.6 is 0 Å². The van der Waals surface area contributed by atoms with Gasteiger partial charge in [-0.05, 0) is 51.6 Å². The minimum atomic E-state index is 0.689. The minimum absolute atomic E-state index is 0.689. The van der Waals surface area contributed by atoms with Crippen LogP contribution in [0.5, 0.6) is 0 Å². The average molecular weight is 224 g/mol. The summed E-state index contributed by atoms with van der Waals surface area (Å²) in [6, 6.07) is 1.46. The van der Waals surface area contributed by atoms with Crippen molar-refractivity contribution in [1.29, 1.82) is 0 Å². The van der Waals surface area contributed by atoms with Crippen LogP contribution in [0.4, 0.5) is 0 Å². The molecule has 16 heavy (non-hydrogen) atoms. The molecule has 1 saturated heterocycles. The van der Waals surface area contributed by atoms with E-state index in [4.69, 9.17) is 0 Å². The number of nitrogens with one attached hydrogen (secondary N) is 2. The monoisotopic (exact) mass is 224 g/mol. The Hall–Kier alpha value is -0.0800. The molecule has 1 aliphatic carbocycles. The fourth-order valence-electron chi connectivity index (χ4n) is 2.75. The van der Waals surface area contributed by atoms with Crippen LogP contribution in [0.1, 0.15) is 58.3 Å². The Labute approximate surface area is 101 Å². The molecule has 2 heteroatoms. The van der Waals surface area contributed by atoms with Gasteiger partial charge in [0, 0.05) is 12.1 Å². The Balaban J connectivity index is 1.55. The summed E-state index contributed by atoms with van der Waals surface area (Å²) < 4.78 is 0. The van der Waals surface area contributed by atoms with E-state index in [9.17, 15) is 0 Å². The second kappa shape index (κ2) is 6.61. The van der Waals surface area contributed by atoms with Gasteiger partial charge < -0.3 is 10.6 Å². The van der Waals surface area contributed by atoms with Gasteiger partial charge in [-0.15, -0.1) is 0 Å². The molecule has 2 unspecified atom stereocenters. The molecule has 2 rings (SSSR count). The third-order valence-electron chi connectivity index (χ3n) is 4.04. The van der Waals surface area contributed by atoms with Crippen molar-refractivity contribution in [2.45, 2.75) is 70.4 Å². The highest BCUT2D eigenvalue weighted by atomic mass is 14.9. The Morgan fingerprint density at radius 2 is 2.06 bits per heavy atom. The summed E-state index contributed by atoms with van der Waals surface area (Å²) in [4.78, 5) is 0. The maximum absolute atomic E-state index is 3.68. The van der Waals surface area contributed by atoms with E-state index in [0.717, 1.165) is 12.0 Å². The molecule has 1 saturated carbocycles. The molecular formula is C14H28N2. The molecule has 0 spiro atoms. The quantitative estimate of drug-likeness (QED) is 0.725. The first-order chi connectivity index (χ1) is 7.84. The predicted molar refractivity (Wildman–Crippen MR) is 69.7 cm³/mol. The summed E-state index contributed by atoms with van der Waals surface area (Å²) in [6.45, 7) is 4.82. The summed E-state index contributed by atoms with van der Waals surface area (Å²) in [5.41, 5.74) is 0. The molecule has 0 radical (unpaired) electrons. The van der Waals surface area contributed by atoms with Crippen LogP contribution in [0.2, 0.25) is 0 Å². The van der Waals surface area contributed by atoms with Crippen molar-refractivity contribution in [3.8, 4) is 0 Å². The van der Waals surface area contributed by atoms with E-state index in [-0.39, 0.29) is 0 Å². The van der Waals surface area contributed by atoms with Crippen molar-refractivity contribution in [3.05, 3.63) is 0 Å². The van der Waals surface area contributed by atoms with Crippen molar-refractivity contribution in [1.82, 2.24) is 10.6 Å². The lowest BCUT2D eigenvalue weighted by molar-refractivity contribution is 0.399.